The molecule has 1 aromatic rings. The van der Waals surface area contributed by atoms with E-state index < -0.39 is 12.1 Å². The first-order valence-corrected chi connectivity index (χ1v) is 9.71. The summed E-state index contributed by atoms with van der Waals surface area (Å²) in [6.07, 6.45) is 9.04. The van der Waals surface area contributed by atoms with E-state index in [0.717, 1.165) is 37.7 Å². The van der Waals surface area contributed by atoms with Crippen LogP contribution in [0.1, 0.15) is 63.0 Å². The molecule has 0 aromatic heterocycles. The van der Waals surface area contributed by atoms with Crippen molar-refractivity contribution in [2.45, 2.75) is 64.4 Å². The maximum atomic E-state index is 12.2. The molecule has 0 aliphatic heterocycles. The second kappa shape index (κ2) is 10.3. The van der Waals surface area contributed by atoms with E-state index in [0.29, 0.717) is 6.42 Å². The summed E-state index contributed by atoms with van der Waals surface area (Å²) >= 11 is 0. The summed E-state index contributed by atoms with van der Waals surface area (Å²) in [7, 11) is 0. The molecule has 0 unspecified atom stereocenters. The lowest BCUT2D eigenvalue weighted by molar-refractivity contribution is -0.137. The number of carbonyl (C=O) groups is 2. The minimum Gasteiger partial charge on any atom is -0.481 e. The van der Waals surface area contributed by atoms with E-state index in [1.807, 2.05) is 12.2 Å². The van der Waals surface area contributed by atoms with E-state index in [2.05, 4.69) is 31.2 Å². The van der Waals surface area contributed by atoms with Crippen LogP contribution in [-0.4, -0.2) is 28.1 Å². The molecule has 0 heterocycles. The number of carboxylic acid groups (broad SMARTS) is 1. The molecule has 142 valence electrons. The van der Waals surface area contributed by atoms with E-state index in [1.165, 1.54) is 5.56 Å². The lowest BCUT2D eigenvalue weighted by atomic mass is 9.88. The maximum absolute atomic E-state index is 12.2. The summed E-state index contributed by atoms with van der Waals surface area (Å²) in [5.41, 5.74) is 2.38. The largest absolute Gasteiger partial charge is 0.481 e. The third-order valence-corrected chi connectivity index (χ3v) is 5.29. The zero-order chi connectivity index (χ0) is 18.9. The second-order valence-corrected chi connectivity index (χ2v) is 7.22. The molecule has 1 fully saturated rings. The summed E-state index contributed by atoms with van der Waals surface area (Å²) in [6.45, 7) is 2.12. The van der Waals surface area contributed by atoms with E-state index in [-0.39, 0.29) is 30.5 Å². The van der Waals surface area contributed by atoms with Crippen LogP contribution in [-0.2, 0) is 16.0 Å². The molecule has 0 saturated heterocycles. The Bertz CT molecular complexity index is 618. The highest BCUT2D eigenvalue weighted by Gasteiger charge is 2.39. The van der Waals surface area contributed by atoms with Gasteiger partial charge in [0, 0.05) is 24.7 Å². The third kappa shape index (κ3) is 6.10. The number of aliphatic hydroxyl groups excluding tert-OH is 1. The summed E-state index contributed by atoms with van der Waals surface area (Å²) in [4.78, 5) is 22.7. The number of hydrogen-bond donors (Lipinski definition) is 2. The second-order valence-electron chi connectivity index (χ2n) is 7.22. The molecule has 0 radical (unpaired) electrons. The first-order valence-electron chi connectivity index (χ1n) is 9.71. The number of unbranched alkanes of at least 4 members (excludes halogenated alkanes) is 3. The topological polar surface area (TPSA) is 74.6 Å². The average molecular weight is 358 g/mol. The van der Waals surface area contributed by atoms with Crippen molar-refractivity contribution in [2.75, 3.05) is 0 Å². The Balaban J connectivity index is 1.86. The Morgan fingerprint density at radius 3 is 2.50 bits per heavy atom. The van der Waals surface area contributed by atoms with Gasteiger partial charge in [-0.1, -0.05) is 62.6 Å². The lowest BCUT2D eigenvalue weighted by Gasteiger charge is -2.17. The number of aliphatic carboxylic acids is 1. The first kappa shape index (κ1) is 20.4. The minimum absolute atomic E-state index is 0.115. The summed E-state index contributed by atoms with van der Waals surface area (Å²) in [5, 5.41) is 18.9. The van der Waals surface area contributed by atoms with Gasteiger partial charge in [-0.3, -0.25) is 9.59 Å². The minimum atomic E-state index is -0.753. The SMILES string of the molecule is CCc1ccc(C=C[C@@H]2[C@H](O)CC(=O)[C@H]2CCCCCCC(=O)O)cc1. The molecule has 0 amide bonds. The predicted octanol–water partition coefficient (Wildman–Crippen LogP) is 4.25. The van der Waals surface area contributed by atoms with Gasteiger partial charge in [0.05, 0.1) is 6.10 Å². The molecular weight excluding hydrogens is 328 g/mol. The predicted molar refractivity (Wildman–Crippen MR) is 103 cm³/mol. The normalized spacial score (nSPS) is 23.0. The van der Waals surface area contributed by atoms with Gasteiger partial charge in [-0.15, -0.1) is 0 Å². The van der Waals surface area contributed by atoms with Crippen molar-refractivity contribution >= 4 is 17.8 Å². The molecule has 1 saturated carbocycles. The van der Waals surface area contributed by atoms with Crippen LogP contribution in [0, 0.1) is 11.8 Å². The van der Waals surface area contributed by atoms with Gasteiger partial charge in [0.2, 0.25) is 0 Å². The number of rotatable bonds is 10. The van der Waals surface area contributed by atoms with Crippen molar-refractivity contribution in [2.24, 2.45) is 11.8 Å². The van der Waals surface area contributed by atoms with Gasteiger partial charge >= 0.3 is 5.97 Å². The van der Waals surface area contributed by atoms with Crippen molar-refractivity contribution in [3.8, 4) is 0 Å². The van der Waals surface area contributed by atoms with Crippen molar-refractivity contribution in [3.05, 3.63) is 41.5 Å². The first-order chi connectivity index (χ1) is 12.5. The van der Waals surface area contributed by atoms with Crippen LogP contribution in [0.25, 0.3) is 6.08 Å². The Morgan fingerprint density at radius 2 is 1.85 bits per heavy atom. The lowest BCUT2D eigenvalue weighted by Crippen LogP contribution is -2.18. The number of ketones is 1. The molecule has 0 spiro atoms. The van der Waals surface area contributed by atoms with Crippen LogP contribution >= 0.6 is 0 Å². The fourth-order valence-electron chi connectivity index (χ4n) is 3.67. The van der Waals surface area contributed by atoms with Gasteiger partial charge in [-0.25, -0.2) is 0 Å². The number of carboxylic acids is 1. The average Bonchev–Trinajstić information content (AvgIpc) is 2.89. The van der Waals surface area contributed by atoms with Gasteiger partial charge in [0.25, 0.3) is 0 Å². The highest BCUT2D eigenvalue weighted by molar-refractivity contribution is 5.84. The Kier molecular flexibility index (Phi) is 8.05. The van der Waals surface area contributed by atoms with Gasteiger partial charge < -0.3 is 10.2 Å². The van der Waals surface area contributed by atoms with E-state index in [9.17, 15) is 14.7 Å². The van der Waals surface area contributed by atoms with E-state index in [4.69, 9.17) is 5.11 Å². The molecule has 1 aromatic carbocycles. The Morgan fingerprint density at radius 1 is 1.15 bits per heavy atom. The smallest absolute Gasteiger partial charge is 0.303 e. The fraction of sp³-hybridized carbons (Fsp3) is 0.545. The van der Waals surface area contributed by atoms with Crippen LogP contribution in [0.2, 0.25) is 0 Å². The molecular formula is C22H30O4. The quantitative estimate of drug-likeness (QED) is 0.613. The standard InChI is InChI=1S/C22H30O4/c1-2-16-9-11-17(12-10-16)13-14-19-18(20(23)15-21(19)24)7-5-3-4-6-8-22(25)26/h9-14,18-19,21,24H,2-8,15H2,1H3,(H,25,26)/t18-,19-,21+/m0/s1. The van der Waals surface area contributed by atoms with Crippen LogP contribution in [0.4, 0.5) is 0 Å². The van der Waals surface area contributed by atoms with Crippen LogP contribution in [0.3, 0.4) is 0 Å². The highest BCUT2D eigenvalue weighted by Crippen LogP contribution is 2.34. The molecule has 3 atom stereocenters. The summed E-state index contributed by atoms with van der Waals surface area (Å²) < 4.78 is 0. The van der Waals surface area contributed by atoms with Gasteiger partial charge in [0.1, 0.15) is 5.78 Å². The molecule has 4 nitrogen and oxygen atoms in total. The van der Waals surface area contributed by atoms with Crippen molar-refractivity contribution < 1.29 is 19.8 Å². The summed E-state index contributed by atoms with van der Waals surface area (Å²) in [6, 6.07) is 8.33. The molecule has 2 rings (SSSR count). The van der Waals surface area contributed by atoms with Crippen LogP contribution in [0.5, 0.6) is 0 Å². The molecule has 4 heteroatoms. The monoisotopic (exact) mass is 358 g/mol. The van der Waals surface area contributed by atoms with E-state index >= 15 is 0 Å². The van der Waals surface area contributed by atoms with Crippen molar-refractivity contribution in [1.82, 2.24) is 0 Å². The maximum Gasteiger partial charge on any atom is 0.303 e. The van der Waals surface area contributed by atoms with Crippen LogP contribution in [0.15, 0.2) is 30.3 Å². The van der Waals surface area contributed by atoms with Crippen LogP contribution < -0.4 is 0 Å². The molecule has 26 heavy (non-hydrogen) atoms. The number of aliphatic hydroxyl groups is 1. The third-order valence-electron chi connectivity index (χ3n) is 5.29. The molecule has 0 bridgehead atoms. The number of benzene rings is 1. The number of carbonyl (C=O) groups excluding carboxylic acids is 1. The zero-order valence-corrected chi connectivity index (χ0v) is 15.6. The van der Waals surface area contributed by atoms with Crippen molar-refractivity contribution in [3.63, 3.8) is 0 Å². The number of aryl methyl sites for hydroxylation is 1. The van der Waals surface area contributed by atoms with Gasteiger partial charge in [-0.2, -0.15) is 0 Å². The molecule has 2 N–H and O–H groups in total. The zero-order valence-electron chi connectivity index (χ0n) is 15.6. The van der Waals surface area contributed by atoms with Crippen molar-refractivity contribution in [1.29, 1.82) is 0 Å². The number of hydrogen-bond acceptors (Lipinski definition) is 3. The molecule has 1 aliphatic carbocycles. The number of Topliss-reactive ketones (excluding diaryl/α,β-unsaturated/α-hetero) is 1. The van der Waals surface area contributed by atoms with Gasteiger partial charge in [0.15, 0.2) is 0 Å². The highest BCUT2D eigenvalue weighted by atomic mass is 16.4. The molecule has 1 aliphatic rings. The summed E-state index contributed by atoms with van der Waals surface area (Å²) in [5.74, 6) is -0.835. The van der Waals surface area contributed by atoms with Gasteiger partial charge in [-0.05, 0) is 30.4 Å². The Hall–Kier alpha value is -1.94. The Labute approximate surface area is 155 Å². The van der Waals surface area contributed by atoms with E-state index in [1.54, 1.807) is 0 Å². The fourth-order valence-corrected chi connectivity index (χ4v) is 3.67.